The van der Waals surface area contributed by atoms with Gasteiger partial charge in [-0.05, 0) is 25.7 Å². The van der Waals surface area contributed by atoms with Crippen LogP contribution < -0.4 is 11.5 Å². The predicted molar refractivity (Wildman–Crippen MR) is 52.3 cm³/mol. The minimum absolute atomic E-state index is 0.0567. The van der Waals surface area contributed by atoms with Gasteiger partial charge in [-0.1, -0.05) is 6.92 Å². The number of carbonyl (C=O) groups excluding carboxylic acids is 2. The van der Waals surface area contributed by atoms with Gasteiger partial charge >= 0.3 is 6.03 Å². The standard InChI is InChI=1S/C9H17N3O2/c1-6-4-3-5-12(8(11)14)9(6,2)7(10)13/h6H,3-5H2,1-2H3,(H2,10,13)(H2,11,14). The first-order valence-electron chi connectivity index (χ1n) is 4.77. The third-order valence-corrected chi connectivity index (χ3v) is 3.30. The van der Waals surface area contributed by atoms with E-state index in [1.54, 1.807) is 6.92 Å². The number of likely N-dealkylation sites (tertiary alicyclic amines) is 1. The van der Waals surface area contributed by atoms with Crippen LogP contribution in [0.2, 0.25) is 0 Å². The van der Waals surface area contributed by atoms with Crippen LogP contribution in [0.3, 0.4) is 0 Å². The van der Waals surface area contributed by atoms with Crippen molar-refractivity contribution < 1.29 is 9.59 Å². The number of piperidine rings is 1. The second-order valence-electron chi connectivity index (χ2n) is 4.04. The van der Waals surface area contributed by atoms with Crippen LogP contribution in [0.1, 0.15) is 26.7 Å². The summed E-state index contributed by atoms with van der Waals surface area (Å²) in [5.74, 6) is -0.426. The average molecular weight is 199 g/mol. The van der Waals surface area contributed by atoms with Crippen molar-refractivity contribution in [3.63, 3.8) is 0 Å². The SMILES string of the molecule is CC1CCCN(C(N)=O)C1(C)C(N)=O. The molecule has 1 rings (SSSR count). The molecule has 1 fully saturated rings. The van der Waals surface area contributed by atoms with E-state index in [2.05, 4.69) is 0 Å². The number of hydrogen-bond donors (Lipinski definition) is 2. The van der Waals surface area contributed by atoms with Gasteiger partial charge in [-0.25, -0.2) is 4.79 Å². The molecule has 0 spiro atoms. The lowest BCUT2D eigenvalue weighted by Gasteiger charge is -2.45. The third-order valence-electron chi connectivity index (χ3n) is 3.30. The van der Waals surface area contributed by atoms with E-state index in [4.69, 9.17) is 11.5 Å². The topological polar surface area (TPSA) is 89.4 Å². The van der Waals surface area contributed by atoms with Crippen molar-refractivity contribution in [3.05, 3.63) is 0 Å². The molecule has 2 atom stereocenters. The molecule has 4 N–H and O–H groups in total. The first kappa shape index (κ1) is 10.8. The van der Waals surface area contributed by atoms with Crippen molar-refractivity contribution in [1.82, 2.24) is 4.90 Å². The largest absolute Gasteiger partial charge is 0.368 e. The van der Waals surface area contributed by atoms with Crippen molar-refractivity contribution in [2.24, 2.45) is 17.4 Å². The summed E-state index contributed by atoms with van der Waals surface area (Å²) in [6.07, 6.45) is 1.76. The van der Waals surface area contributed by atoms with E-state index in [0.29, 0.717) is 6.54 Å². The summed E-state index contributed by atoms with van der Waals surface area (Å²) >= 11 is 0. The van der Waals surface area contributed by atoms with Gasteiger partial charge in [-0.3, -0.25) is 4.79 Å². The van der Waals surface area contributed by atoms with Crippen LogP contribution in [-0.2, 0) is 4.79 Å². The number of hydrogen-bond acceptors (Lipinski definition) is 2. The number of carbonyl (C=O) groups is 2. The normalized spacial score (nSPS) is 32.7. The highest BCUT2D eigenvalue weighted by Gasteiger charge is 2.46. The number of nitrogens with zero attached hydrogens (tertiary/aromatic N) is 1. The Morgan fingerprint density at radius 2 is 2.00 bits per heavy atom. The second-order valence-corrected chi connectivity index (χ2v) is 4.04. The summed E-state index contributed by atoms with van der Waals surface area (Å²) in [6.45, 7) is 4.11. The molecule has 1 aliphatic rings. The maximum absolute atomic E-state index is 11.4. The van der Waals surface area contributed by atoms with Crippen LogP contribution >= 0.6 is 0 Å². The first-order chi connectivity index (χ1) is 6.40. The van der Waals surface area contributed by atoms with Crippen molar-refractivity contribution in [2.45, 2.75) is 32.2 Å². The van der Waals surface area contributed by atoms with Crippen LogP contribution in [0, 0.1) is 5.92 Å². The molecular weight excluding hydrogens is 182 g/mol. The van der Waals surface area contributed by atoms with Gasteiger partial charge in [0.2, 0.25) is 5.91 Å². The molecule has 3 amide bonds. The summed E-state index contributed by atoms with van der Waals surface area (Å²) in [5, 5.41) is 0. The van der Waals surface area contributed by atoms with Gasteiger partial charge in [0, 0.05) is 6.54 Å². The molecule has 2 unspecified atom stereocenters. The van der Waals surface area contributed by atoms with Crippen molar-refractivity contribution in [3.8, 4) is 0 Å². The predicted octanol–water partition coefficient (Wildman–Crippen LogP) is 0.0410. The quantitative estimate of drug-likeness (QED) is 0.624. The van der Waals surface area contributed by atoms with E-state index in [1.165, 1.54) is 4.90 Å². The van der Waals surface area contributed by atoms with Crippen LogP contribution in [0.5, 0.6) is 0 Å². The van der Waals surface area contributed by atoms with Crippen molar-refractivity contribution >= 4 is 11.9 Å². The van der Waals surface area contributed by atoms with Crippen molar-refractivity contribution in [1.29, 1.82) is 0 Å². The highest BCUT2D eigenvalue weighted by Crippen LogP contribution is 2.32. The Hall–Kier alpha value is -1.26. The Kier molecular flexibility index (Phi) is 2.69. The highest BCUT2D eigenvalue weighted by atomic mass is 16.2. The minimum Gasteiger partial charge on any atom is -0.368 e. The van der Waals surface area contributed by atoms with E-state index in [9.17, 15) is 9.59 Å². The molecule has 0 radical (unpaired) electrons. The maximum atomic E-state index is 11.4. The number of amides is 3. The van der Waals surface area contributed by atoms with Gasteiger partial charge in [-0.15, -0.1) is 0 Å². The average Bonchev–Trinajstić information content (AvgIpc) is 2.08. The van der Waals surface area contributed by atoms with E-state index in [0.717, 1.165) is 12.8 Å². The Morgan fingerprint density at radius 3 is 2.36 bits per heavy atom. The highest BCUT2D eigenvalue weighted by molar-refractivity contribution is 5.89. The van der Waals surface area contributed by atoms with Gasteiger partial charge in [0.05, 0.1) is 0 Å². The van der Waals surface area contributed by atoms with E-state index < -0.39 is 17.5 Å². The number of nitrogens with two attached hydrogens (primary N) is 2. The second kappa shape index (κ2) is 3.48. The van der Waals surface area contributed by atoms with Gasteiger partial charge in [-0.2, -0.15) is 0 Å². The lowest BCUT2D eigenvalue weighted by molar-refractivity contribution is -0.132. The number of urea groups is 1. The van der Waals surface area contributed by atoms with Gasteiger partial charge in [0.25, 0.3) is 0 Å². The molecule has 0 saturated carbocycles. The Balaban J connectivity index is 3.03. The molecule has 0 aromatic heterocycles. The molecule has 5 nitrogen and oxygen atoms in total. The lowest BCUT2D eigenvalue weighted by atomic mass is 9.78. The van der Waals surface area contributed by atoms with Gasteiger partial charge in [0.1, 0.15) is 5.54 Å². The van der Waals surface area contributed by atoms with Crippen LogP contribution in [-0.4, -0.2) is 28.9 Å². The molecule has 14 heavy (non-hydrogen) atoms. The summed E-state index contributed by atoms with van der Waals surface area (Å²) < 4.78 is 0. The fraction of sp³-hybridized carbons (Fsp3) is 0.778. The maximum Gasteiger partial charge on any atom is 0.315 e. The molecule has 1 aliphatic heterocycles. The van der Waals surface area contributed by atoms with Crippen molar-refractivity contribution in [2.75, 3.05) is 6.54 Å². The van der Waals surface area contributed by atoms with Crippen LogP contribution in [0.15, 0.2) is 0 Å². The summed E-state index contributed by atoms with van der Waals surface area (Å²) in [6, 6.07) is -0.571. The summed E-state index contributed by atoms with van der Waals surface area (Å²) in [4.78, 5) is 23.9. The summed E-state index contributed by atoms with van der Waals surface area (Å²) in [7, 11) is 0. The van der Waals surface area contributed by atoms with E-state index >= 15 is 0 Å². The zero-order valence-corrected chi connectivity index (χ0v) is 8.62. The Morgan fingerprint density at radius 1 is 1.43 bits per heavy atom. The van der Waals surface area contributed by atoms with E-state index in [1.807, 2.05) is 6.92 Å². The molecule has 0 aliphatic carbocycles. The molecule has 1 saturated heterocycles. The molecule has 0 bridgehead atoms. The fourth-order valence-corrected chi connectivity index (χ4v) is 2.05. The Labute approximate surface area is 83.4 Å². The number of rotatable bonds is 1. The number of primary amides is 2. The zero-order valence-electron chi connectivity index (χ0n) is 8.62. The Bertz CT molecular complexity index is 267. The third kappa shape index (κ3) is 1.42. The van der Waals surface area contributed by atoms with Gasteiger partial charge < -0.3 is 16.4 Å². The molecule has 80 valence electrons. The molecule has 0 aromatic carbocycles. The monoisotopic (exact) mass is 199 g/mol. The smallest absolute Gasteiger partial charge is 0.315 e. The van der Waals surface area contributed by atoms with Crippen LogP contribution in [0.4, 0.5) is 4.79 Å². The van der Waals surface area contributed by atoms with Crippen LogP contribution in [0.25, 0.3) is 0 Å². The zero-order chi connectivity index (χ0) is 10.9. The summed E-state index contributed by atoms with van der Waals surface area (Å²) in [5.41, 5.74) is 9.63. The lowest BCUT2D eigenvalue weighted by Crippen LogP contribution is -2.64. The van der Waals surface area contributed by atoms with E-state index in [-0.39, 0.29) is 5.92 Å². The minimum atomic E-state index is -0.927. The molecule has 0 aromatic rings. The molecule has 1 heterocycles. The van der Waals surface area contributed by atoms with Gasteiger partial charge in [0.15, 0.2) is 0 Å². The fourth-order valence-electron chi connectivity index (χ4n) is 2.05. The molecular formula is C9H17N3O2. The first-order valence-corrected chi connectivity index (χ1v) is 4.77. The molecule has 5 heteroatoms.